The Bertz CT molecular complexity index is 1450. The number of hydrogen-bond donors (Lipinski definition) is 1. The van der Waals surface area contributed by atoms with E-state index in [-0.39, 0.29) is 11.7 Å². The molecule has 6 rings (SSSR count). The normalized spacial score (nSPS) is 20.2. The van der Waals surface area contributed by atoms with Gasteiger partial charge in [0, 0.05) is 23.7 Å². The molecule has 2 aliphatic carbocycles. The van der Waals surface area contributed by atoms with E-state index >= 15 is 0 Å². The van der Waals surface area contributed by atoms with Gasteiger partial charge in [0.1, 0.15) is 5.82 Å². The van der Waals surface area contributed by atoms with Gasteiger partial charge in [-0.05, 0) is 82.3 Å². The third-order valence-corrected chi connectivity index (χ3v) is 7.17. The molecule has 0 fully saturated rings. The molecule has 0 bridgehead atoms. The number of fused-ring (bicyclic) bond motifs is 5. The van der Waals surface area contributed by atoms with E-state index in [9.17, 15) is 4.39 Å². The van der Waals surface area contributed by atoms with Crippen LogP contribution in [0.25, 0.3) is 23.3 Å². The van der Waals surface area contributed by atoms with Gasteiger partial charge >= 0.3 is 0 Å². The topological polar surface area (TPSA) is 12.0 Å². The number of nitrogens with one attached hydrogen (secondary N) is 1. The number of benzene rings is 3. The zero-order chi connectivity index (χ0) is 22.4. The fourth-order valence-electron chi connectivity index (χ4n) is 5.47. The second-order valence-electron chi connectivity index (χ2n) is 9.22. The molecule has 1 heterocycles. The lowest BCUT2D eigenvalue weighted by atomic mass is 9.75. The average molecular weight is 432 g/mol. The fraction of sp³-hybridized carbons (Fsp3) is 0.161. The molecular weight excluding hydrogens is 405 g/mol. The van der Waals surface area contributed by atoms with Gasteiger partial charge in [-0.15, -0.1) is 0 Å². The van der Waals surface area contributed by atoms with Gasteiger partial charge in [0.15, 0.2) is 0 Å². The van der Waals surface area contributed by atoms with E-state index in [4.69, 9.17) is 0 Å². The van der Waals surface area contributed by atoms with Crippen molar-refractivity contribution in [3.8, 4) is 11.1 Å². The van der Waals surface area contributed by atoms with Crippen molar-refractivity contribution in [2.75, 3.05) is 0 Å². The molecule has 2 unspecified atom stereocenters. The molecule has 3 aromatic rings. The van der Waals surface area contributed by atoms with E-state index in [1.807, 2.05) is 18.3 Å². The predicted octanol–water partition coefficient (Wildman–Crippen LogP) is 5.75. The first-order valence-electron chi connectivity index (χ1n) is 11.7. The quantitative estimate of drug-likeness (QED) is 0.545. The summed E-state index contributed by atoms with van der Waals surface area (Å²) in [6, 6.07) is 18.6. The smallest absolute Gasteiger partial charge is 0.123 e. The van der Waals surface area contributed by atoms with Crippen LogP contribution in [0.4, 0.5) is 4.39 Å². The zero-order valence-electron chi connectivity index (χ0n) is 18.7. The molecule has 3 aliphatic rings. The van der Waals surface area contributed by atoms with Crippen LogP contribution in [-0.2, 0) is 6.42 Å². The fourth-order valence-corrected chi connectivity index (χ4v) is 5.47. The van der Waals surface area contributed by atoms with Crippen LogP contribution >= 0.6 is 0 Å². The Morgan fingerprint density at radius 2 is 1.76 bits per heavy atom. The molecule has 0 radical (unpaired) electrons. The largest absolute Gasteiger partial charge is 0.364 e. The SMILES string of the molecule is Cc1ccc(C2C=c3c(ccc4c3=CCc3ccc(F)cc3-4)C(C3=CC=CC=CN3)C2)cc1. The third kappa shape index (κ3) is 3.56. The Morgan fingerprint density at radius 1 is 0.879 bits per heavy atom. The molecule has 0 saturated heterocycles. The van der Waals surface area contributed by atoms with Crippen LogP contribution in [0.2, 0.25) is 0 Å². The Hall–Kier alpha value is -3.65. The van der Waals surface area contributed by atoms with Crippen molar-refractivity contribution in [1.29, 1.82) is 0 Å². The summed E-state index contributed by atoms with van der Waals surface area (Å²) in [6.45, 7) is 2.13. The lowest BCUT2D eigenvalue weighted by molar-refractivity contribution is 0.622. The monoisotopic (exact) mass is 431 g/mol. The maximum Gasteiger partial charge on any atom is 0.123 e. The van der Waals surface area contributed by atoms with Crippen LogP contribution in [0.1, 0.15) is 40.5 Å². The van der Waals surface area contributed by atoms with Gasteiger partial charge in [-0.1, -0.05) is 72.3 Å². The van der Waals surface area contributed by atoms with E-state index < -0.39 is 0 Å². The summed E-state index contributed by atoms with van der Waals surface area (Å²) in [4.78, 5) is 0. The highest BCUT2D eigenvalue weighted by Gasteiger charge is 2.28. The maximum atomic E-state index is 14.1. The molecule has 2 atom stereocenters. The van der Waals surface area contributed by atoms with Gasteiger partial charge in [0.05, 0.1) is 0 Å². The van der Waals surface area contributed by atoms with E-state index in [1.54, 1.807) is 12.1 Å². The van der Waals surface area contributed by atoms with E-state index in [0.717, 1.165) is 24.0 Å². The highest BCUT2D eigenvalue weighted by molar-refractivity contribution is 5.74. The van der Waals surface area contributed by atoms with Crippen LogP contribution in [0, 0.1) is 12.7 Å². The van der Waals surface area contributed by atoms with Crippen molar-refractivity contribution in [2.24, 2.45) is 0 Å². The summed E-state index contributed by atoms with van der Waals surface area (Å²) in [5.74, 6) is 0.400. The van der Waals surface area contributed by atoms with Gasteiger partial charge in [0.25, 0.3) is 0 Å². The minimum absolute atomic E-state index is 0.176. The second-order valence-corrected chi connectivity index (χ2v) is 9.22. The molecule has 3 aromatic carbocycles. The molecule has 0 saturated carbocycles. The minimum Gasteiger partial charge on any atom is -0.364 e. The van der Waals surface area contributed by atoms with E-state index in [0.29, 0.717) is 5.92 Å². The number of rotatable bonds is 2. The van der Waals surface area contributed by atoms with Gasteiger partial charge in [0.2, 0.25) is 0 Å². The Balaban J connectivity index is 1.58. The Kier molecular flexibility index (Phi) is 4.87. The lowest BCUT2D eigenvalue weighted by Gasteiger charge is -2.30. The Labute approximate surface area is 194 Å². The van der Waals surface area contributed by atoms with Crippen molar-refractivity contribution in [3.63, 3.8) is 0 Å². The average Bonchev–Trinajstić information content (AvgIpc) is 3.13. The summed E-state index contributed by atoms with van der Waals surface area (Å²) in [6.07, 6.45) is 17.0. The van der Waals surface area contributed by atoms with Crippen molar-refractivity contribution in [3.05, 3.63) is 129 Å². The second kappa shape index (κ2) is 8.04. The zero-order valence-corrected chi connectivity index (χ0v) is 18.7. The van der Waals surface area contributed by atoms with Crippen molar-refractivity contribution >= 4 is 12.2 Å². The van der Waals surface area contributed by atoms with Crippen LogP contribution in [-0.4, -0.2) is 0 Å². The first-order chi connectivity index (χ1) is 16.2. The Morgan fingerprint density at radius 3 is 2.64 bits per heavy atom. The molecule has 0 spiro atoms. The van der Waals surface area contributed by atoms with Gasteiger partial charge in [-0.2, -0.15) is 0 Å². The maximum absolute atomic E-state index is 14.1. The van der Waals surface area contributed by atoms with Crippen molar-refractivity contribution in [1.82, 2.24) is 5.32 Å². The van der Waals surface area contributed by atoms with Crippen molar-refractivity contribution in [2.45, 2.75) is 31.6 Å². The van der Waals surface area contributed by atoms with E-state index in [2.05, 4.69) is 79.0 Å². The molecule has 162 valence electrons. The standard InChI is InChI=1S/C31H26FN/c1-20-6-8-21(9-7-20)23-17-29-26-13-11-22-10-12-24(32)19-28(22)25(26)14-15-27(29)30(18-23)31-5-3-2-4-16-33-31/h2-10,12-17,19,23,30,33H,11,18H2,1H3. The first kappa shape index (κ1) is 20.0. The highest BCUT2D eigenvalue weighted by atomic mass is 19.1. The first-order valence-corrected chi connectivity index (χ1v) is 11.7. The van der Waals surface area contributed by atoms with Gasteiger partial charge in [-0.3, -0.25) is 0 Å². The molecule has 33 heavy (non-hydrogen) atoms. The molecular formula is C31H26FN. The summed E-state index contributed by atoms with van der Waals surface area (Å²) in [5.41, 5.74) is 8.53. The molecule has 1 nitrogen and oxygen atoms in total. The molecule has 1 N–H and O–H groups in total. The van der Waals surface area contributed by atoms with Crippen LogP contribution in [0.3, 0.4) is 0 Å². The summed E-state index contributed by atoms with van der Waals surface area (Å²) < 4.78 is 14.1. The predicted molar refractivity (Wildman–Crippen MR) is 134 cm³/mol. The molecule has 2 heteroatoms. The van der Waals surface area contributed by atoms with Crippen molar-refractivity contribution < 1.29 is 4.39 Å². The van der Waals surface area contributed by atoms with Crippen LogP contribution < -0.4 is 15.8 Å². The minimum atomic E-state index is -0.176. The summed E-state index contributed by atoms with van der Waals surface area (Å²) in [7, 11) is 0. The number of hydrogen-bond acceptors (Lipinski definition) is 1. The van der Waals surface area contributed by atoms with Crippen LogP contribution in [0.5, 0.6) is 0 Å². The summed E-state index contributed by atoms with van der Waals surface area (Å²) >= 11 is 0. The summed E-state index contributed by atoms with van der Waals surface area (Å²) in [5, 5.41) is 6.06. The molecule has 1 aliphatic heterocycles. The van der Waals surface area contributed by atoms with E-state index in [1.165, 1.54) is 38.4 Å². The number of halogens is 1. The van der Waals surface area contributed by atoms with Crippen LogP contribution in [0.15, 0.2) is 90.8 Å². The molecule has 0 aromatic heterocycles. The number of allylic oxidation sites excluding steroid dienone is 5. The van der Waals surface area contributed by atoms with Gasteiger partial charge in [-0.25, -0.2) is 4.39 Å². The highest BCUT2D eigenvalue weighted by Crippen LogP contribution is 2.38. The van der Waals surface area contributed by atoms with Gasteiger partial charge < -0.3 is 5.32 Å². The molecule has 0 amide bonds. The number of aryl methyl sites for hydroxylation is 1. The lowest BCUT2D eigenvalue weighted by Crippen LogP contribution is -2.38. The third-order valence-electron chi connectivity index (χ3n) is 7.17.